The molecule has 1 saturated carbocycles. The normalized spacial score (nSPS) is 19.7. The average Bonchev–Trinajstić information content (AvgIpc) is 3.15. The monoisotopic (exact) mass is 306 g/mol. The predicted octanol–water partition coefficient (Wildman–Crippen LogP) is 1.52. The zero-order chi connectivity index (χ0) is 15.7. The first-order valence-corrected chi connectivity index (χ1v) is 6.54. The molecule has 114 valence electrons. The summed E-state index contributed by atoms with van der Waals surface area (Å²) in [6, 6.07) is 4.64. The number of benzene rings is 1. The van der Waals surface area contributed by atoms with E-state index in [-0.39, 0.29) is 34.9 Å². The Bertz CT molecular complexity index is 715. The van der Waals surface area contributed by atoms with E-state index in [0.717, 1.165) is 0 Å². The number of hydrogen-bond donors (Lipinski definition) is 1. The molecule has 0 radical (unpaired) electrons. The SMILES string of the molecule is O=C(Cc1noc([C@@H]2C[C@H]2[N+](=O)[O-])n1)Nc1ccc(F)cc1. The first-order valence-electron chi connectivity index (χ1n) is 6.54. The van der Waals surface area contributed by atoms with E-state index >= 15 is 0 Å². The average molecular weight is 306 g/mol. The maximum Gasteiger partial charge on any atom is 0.236 e. The molecule has 8 nitrogen and oxygen atoms in total. The molecule has 22 heavy (non-hydrogen) atoms. The summed E-state index contributed by atoms with van der Waals surface area (Å²) < 4.78 is 17.7. The molecule has 3 rings (SSSR count). The van der Waals surface area contributed by atoms with Crippen LogP contribution in [0.3, 0.4) is 0 Å². The Hall–Kier alpha value is -2.84. The van der Waals surface area contributed by atoms with E-state index in [2.05, 4.69) is 15.5 Å². The molecule has 0 aliphatic heterocycles. The highest BCUT2D eigenvalue weighted by Crippen LogP contribution is 2.41. The Morgan fingerprint density at radius 3 is 2.82 bits per heavy atom. The number of nitrogens with zero attached hydrogens (tertiary/aromatic N) is 3. The molecular weight excluding hydrogens is 295 g/mol. The van der Waals surface area contributed by atoms with Gasteiger partial charge >= 0.3 is 0 Å². The molecule has 0 spiro atoms. The number of hydrogen-bond acceptors (Lipinski definition) is 6. The third-order valence-corrected chi connectivity index (χ3v) is 3.28. The van der Waals surface area contributed by atoms with Crippen molar-refractivity contribution in [1.29, 1.82) is 0 Å². The molecule has 0 unspecified atom stereocenters. The van der Waals surface area contributed by atoms with E-state index < -0.39 is 11.9 Å². The zero-order valence-corrected chi connectivity index (χ0v) is 11.2. The lowest BCUT2D eigenvalue weighted by molar-refractivity contribution is -0.496. The fourth-order valence-electron chi connectivity index (χ4n) is 2.05. The maximum atomic E-state index is 12.8. The molecule has 1 aliphatic rings. The highest BCUT2D eigenvalue weighted by atomic mass is 19.1. The Kier molecular flexibility index (Phi) is 3.53. The lowest BCUT2D eigenvalue weighted by atomic mass is 10.3. The Balaban J connectivity index is 1.57. The molecule has 1 N–H and O–H groups in total. The first-order chi connectivity index (χ1) is 10.5. The van der Waals surface area contributed by atoms with Crippen LogP contribution in [0.15, 0.2) is 28.8 Å². The van der Waals surface area contributed by atoms with Gasteiger partial charge in [0, 0.05) is 17.0 Å². The van der Waals surface area contributed by atoms with E-state index in [0.29, 0.717) is 12.1 Å². The van der Waals surface area contributed by atoms with Gasteiger partial charge in [-0.15, -0.1) is 0 Å². The van der Waals surface area contributed by atoms with E-state index in [4.69, 9.17) is 4.52 Å². The van der Waals surface area contributed by atoms with Crippen molar-refractivity contribution in [3.05, 3.63) is 51.9 Å². The van der Waals surface area contributed by atoms with Crippen LogP contribution in [-0.4, -0.2) is 27.0 Å². The number of nitrogens with one attached hydrogen (secondary N) is 1. The van der Waals surface area contributed by atoms with E-state index in [1.165, 1.54) is 24.3 Å². The number of carbonyl (C=O) groups is 1. The Labute approximate surface area is 123 Å². The van der Waals surface area contributed by atoms with Gasteiger partial charge in [-0.2, -0.15) is 4.98 Å². The highest BCUT2D eigenvalue weighted by molar-refractivity contribution is 5.91. The van der Waals surface area contributed by atoms with Gasteiger partial charge in [0.15, 0.2) is 5.82 Å². The van der Waals surface area contributed by atoms with Crippen molar-refractivity contribution in [2.45, 2.75) is 24.8 Å². The van der Waals surface area contributed by atoms with Crippen LogP contribution >= 0.6 is 0 Å². The third-order valence-electron chi connectivity index (χ3n) is 3.28. The van der Waals surface area contributed by atoms with Gasteiger partial charge in [-0.05, 0) is 24.3 Å². The lowest BCUT2D eigenvalue weighted by Crippen LogP contribution is -2.15. The standard InChI is InChI=1S/C13H11FN4O4/c14-7-1-3-8(4-2-7)15-12(19)6-11-16-13(22-17-11)9-5-10(9)18(20)21/h1-4,9-10H,5-6H2,(H,15,19)/t9-,10-/m1/s1. The molecule has 2 atom stereocenters. The summed E-state index contributed by atoms with van der Waals surface area (Å²) in [5, 5.41) is 16.8. The van der Waals surface area contributed by atoms with Crippen molar-refractivity contribution in [1.82, 2.24) is 10.1 Å². The summed E-state index contributed by atoms with van der Waals surface area (Å²) in [6.45, 7) is 0. The minimum atomic E-state index is -0.679. The van der Waals surface area contributed by atoms with E-state index in [1.54, 1.807) is 0 Å². The van der Waals surface area contributed by atoms with Gasteiger partial charge in [-0.1, -0.05) is 5.16 Å². The van der Waals surface area contributed by atoms with Gasteiger partial charge in [0.2, 0.25) is 17.8 Å². The Morgan fingerprint density at radius 1 is 1.45 bits per heavy atom. The summed E-state index contributed by atoms with van der Waals surface area (Å²) in [7, 11) is 0. The molecule has 1 aromatic heterocycles. The molecule has 1 amide bonds. The van der Waals surface area contributed by atoms with Gasteiger partial charge in [0.05, 0.1) is 6.42 Å². The molecule has 1 aromatic carbocycles. The molecule has 1 aliphatic carbocycles. The number of carbonyl (C=O) groups excluding carboxylic acids is 1. The number of anilines is 1. The summed E-state index contributed by atoms with van der Waals surface area (Å²) in [5.74, 6) is -0.808. The Morgan fingerprint density at radius 2 is 2.18 bits per heavy atom. The zero-order valence-electron chi connectivity index (χ0n) is 11.2. The second kappa shape index (κ2) is 5.51. The fourth-order valence-corrected chi connectivity index (χ4v) is 2.05. The van der Waals surface area contributed by atoms with Crippen LogP contribution < -0.4 is 5.32 Å². The molecule has 0 saturated heterocycles. The second-order valence-electron chi connectivity index (χ2n) is 4.98. The van der Waals surface area contributed by atoms with Crippen LogP contribution in [-0.2, 0) is 11.2 Å². The van der Waals surface area contributed by atoms with Crippen LogP contribution in [0, 0.1) is 15.9 Å². The van der Waals surface area contributed by atoms with Crippen molar-refractivity contribution in [2.24, 2.45) is 0 Å². The van der Waals surface area contributed by atoms with Gasteiger partial charge in [-0.25, -0.2) is 4.39 Å². The molecule has 1 heterocycles. The van der Waals surface area contributed by atoms with Crippen LogP contribution in [0.25, 0.3) is 0 Å². The molecule has 2 aromatic rings. The molecule has 1 fully saturated rings. The van der Waals surface area contributed by atoms with Crippen LogP contribution in [0.5, 0.6) is 0 Å². The number of aromatic nitrogens is 2. The molecule has 0 bridgehead atoms. The summed E-state index contributed by atoms with van der Waals surface area (Å²) in [4.78, 5) is 26.0. The van der Waals surface area contributed by atoms with Crippen molar-refractivity contribution in [2.75, 3.05) is 5.32 Å². The minimum absolute atomic E-state index is 0.128. The number of halogens is 1. The van der Waals surface area contributed by atoms with Gasteiger partial charge < -0.3 is 9.84 Å². The van der Waals surface area contributed by atoms with Gasteiger partial charge in [-0.3, -0.25) is 14.9 Å². The number of nitro groups is 1. The van der Waals surface area contributed by atoms with Gasteiger partial charge in [0.25, 0.3) is 0 Å². The first kappa shape index (κ1) is 14.1. The summed E-state index contributed by atoms with van der Waals surface area (Å²) in [6.07, 6.45) is 0.243. The van der Waals surface area contributed by atoms with Crippen molar-refractivity contribution in [3.8, 4) is 0 Å². The van der Waals surface area contributed by atoms with E-state index in [1.807, 2.05) is 0 Å². The predicted molar refractivity (Wildman–Crippen MR) is 71.2 cm³/mol. The third kappa shape index (κ3) is 3.08. The fraction of sp³-hybridized carbons (Fsp3) is 0.308. The molecular formula is C13H11FN4O4. The van der Waals surface area contributed by atoms with Crippen molar-refractivity contribution >= 4 is 11.6 Å². The van der Waals surface area contributed by atoms with Crippen molar-refractivity contribution < 1.29 is 18.6 Å². The largest absolute Gasteiger partial charge is 0.339 e. The maximum absolute atomic E-state index is 12.8. The van der Waals surface area contributed by atoms with Crippen LogP contribution in [0.4, 0.5) is 10.1 Å². The van der Waals surface area contributed by atoms with Crippen LogP contribution in [0.1, 0.15) is 24.1 Å². The molecule has 9 heteroatoms. The van der Waals surface area contributed by atoms with Crippen LogP contribution in [0.2, 0.25) is 0 Å². The summed E-state index contributed by atoms with van der Waals surface area (Å²) in [5.41, 5.74) is 0.450. The summed E-state index contributed by atoms with van der Waals surface area (Å²) >= 11 is 0. The second-order valence-corrected chi connectivity index (χ2v) is 4.98. The smallest absolute Gasteiger partial charge is 0.236 e. The minimum Gasteiger partial charge on any atom is -0.339 e. The van der Waals surface area contributed by atoms with Crippen molar-refractivity contribution in [3.63, 3.8) is 0 Å². The number of rotatable bonds is 5. The lowest BCUT2D eigenvalue weighted by Gasteiger charge is -2.02. The van der Waals surface area contributed by atoms with Gasteiger partial charge in [0.1, 0.15) is 11.7 Å². The topological polar surface area (TPSA) is 111 Å². The number of amides is 1. The van der Waals surface area contributed by atoms with E-state index in [9.17, 15) is 19.3 Å². The highest BCUT2D eigenvalue weighted by Gasteiger charge is 2.53. The quantitative estimate of drug-likeness (QED) is 0.662.